The van der Waals surface area contributed by atoms with Gasteiger partial charge in [0, 0.05) is 4.88 Å². The lowest BCUT2D eigenvalue weighted by Crippen LogP contribution is -2.14. The maximum atomic E-state index is 11.9. The molecule has 0 radical (unpaired) electrons. The van der Waals surface area contributed by atoms with Gasteiger partial charge in [0.1, 0.15) is 5.75 Å². The summed E-state index contributed by atoms with van der Waals surface area (Å²) in [5.74, 6) is 0.596. The Morgan fingerprint density at radius 1 is 1.44 bits per heavy atom. The Balaban J connectivity index is 2.05. The van der Waals surface area contributed by atoms with E-state index in [0.717, 1.165) is 10.6 Å². The number of ether oxygens (including phenoxy) is 1. The number of rotatable bonds is 4. The number of nitrogens with zero attached hydrogens (tertiary/aromatic N) is 1. The molecule has 1 heterocycles. The number of amides is 1. The van der Waals surface area contributed by atoms with Crippen LogP contribution in [0, 0.1) is 6.92 Å². The predicted molar refractivity (Wildman–Crippen MR) is 72.2 cm³/mol. The Hall–Kier alpha value is -1.88. The number of methoxy groups -OCH3 is 1. The van der Waals surface area contributed by atoms with Crippen LogP contribution in [0.15, 0.2) is 29.8 Å². The lowest BCUT2D eigenvalue weighted by atomic mass is 10.2. The van der Waals surface area contributed by atoms with Gasteiger partial charge in [-0.15, -0.1) is 11.3 Å². The second kappa shape index (κ2) is 5.64. The Morgan fingerprint density at radius 2 is 2.22 bits per heavy atom. The highest BCUT2D eigenvalue weighted by Crippen LogP contribution is 2.23. The van der Waals surface area contributed by atoms with Crippen LogP contribution in [-0.2, 0) is 11.2 Å². The first kappa shape index (κ1) is 12.6. The summed E-state index contributed by atoms with van der Waals surface area (Å²) in [5, 5.41) is 2.84. The summed E-state index contributed by atoms with van der Waals surface area (Å²) in [4.78, 5) is 17.0. The summed E-state index contributed by atoms with van der Waals surface area (Å²) in [6.45, 7) is 1.90. The monoisotopic (exact) mass is 262 g/mol. The van der Waals surface area contributed by atoms with Crippen molar-refractivity contribution < 1.29 is 9.53 Å². The number of carbonyl (C=O) groups is 1. The Kier molecular flexibility index (Phi) is 3.94. The first-order valence-corrected chi connectivity index (χ1v) is 6.40. The van der Waals surface area contributed by atoms with E-state index in [4.69, 9.17) is 4.74 Å². The number of anilines is 1. The third-order valence-corrected chi connectivity index (χ3v) is 3.48. The van der Waals surface area contributed by atoms with Crippen molar-refractivity contribution in [3.63, 3.8) is 0 Å². The maximum Gasteiger partial charge on any atom is 0.229 e. The van der Waals surface area contributed by atoms with Gasteiger partial charge in [0.15, 0.2) is 0 Å². The number of hydrogen-bond acceptors (Lipinski definition) is 4. The van der Waals surface area contributed by atoms with E-state index in [1.807, 2.05) is 31.2 Å². The molecule has 2 rings (SSSR count). The quantitative estimate of drug-likeness (QED) is 0.921. The molecule has 18 heavy (non-hydrogen) atoms. The molecule has 0 aliphatic rings. The van der Waals surface area contributed by atoms with Crippen LogP contribution in [0.3, 0.4) is 0 Å². The zero-order chi connectivity index (χ0) is 13.0. The molecule has 0 bridgehead atoms. The molecule has 1 aromatic carbocycles. The van der Waals surface area contributed by atoms with E-state index in [1.165, 1.54) is 11.3 Å². The van der Waals surface area contributed by atoms with Gasteiger partial charge in [-0.25, -0.2) is 4.98 Å². The molecule has 5 heteroatoms. The molecule has 0 fully saturated rings. The molecule has 0 saturated carbocycles. The van der Waals surface area contributed by atoms with Crippen molar-refractivity contribution >= 4 is 22.9 Å². The van der Waals surface area contributed by atoms with Gasteiger partial charge in [0.25, 0.3) is 0 Å². The minimum Gasteiger partial charge on any atom is -0.495 e. The number of thiazole rings is 1. The van der Waals surface area contributed by atoms with E-state index < -0.39 is 0 Å². The first-order valence-electron chi connectivity index (χ1n) is 5.52. The number of benzene rings is 1. The van der Waals surface area contributed by atoms with Crippen molar-refractivity contribution in [2.24, 2.45) is 0 Å². The fourth-order valence-corrected chi connectivity index (χ4v) is 2.36. The molecule has 1 amide bonds. The van der Waals surface area contributed by atoms with Gasteiger partial charge in [0.2, 0.25) is 5.91 Å². The van der Waals surface area contributed by atoms with Gasteiger partial charge in [-0.05, 0) is 19.1 Å². The number of aromatic nitrogens is 1. The summed E-state index contributed by atoms with van der Waals surface area (Å²) in [6, 6.07) is 7.35. The summed E-state index contributed by atoms with van der Waals surface area (Å²) < 4.78 is 5.18. The second-order valence-corrected chi connectivity index (χ2v) is 4.73. The lowest BCUT2D eigenvalue weighted by Gasteiger charge is -2.09. The fraction of sp³-hybridized carbons (Fsp3) is 0.231. The third kappa shape index (κ3) is 2.87. The van der Waals surface area contributed by atoms with Gasteiger partial charge < -0.3 is 10.1 Å². The standard InChI is InChI=1S/C13H14N2O2S/c1-9-12(18-8-14-9)7-13(16)15-10-5-3-4-6-11(10)17-2/h3-6,8H,7H2,1-2H3,(H,15,16). The van der Waals surface area contributed by atoms with Crippen molar-refractivity contribution in [3.05, 3.63) is 40.3 Å². The van der Waals surface area contributed by atoms with Crippen molar-refractivity contribution in [1.82, 2.24) is 4.98 Å². The van der Waals surface area contributed by atoms with Gasteiger partial charge in [0.05, 0.1) is 30.4 Å². The van der Waals surface area contributed by atoms with Crippen LogP contribution < -0.4 is 10.1 Å². The van der Waals surface area contributed by atoms with Crippen LogP contribution in [0.2, 0.25) is 0 Å². The Morgan fingerprint density at radius 3 is 2.89 bits per heavy atom. The molecule has 0 aliphatic heterocycles. The SMILES string of the molecule is COc1ccccc1NC(=O)Cc1scnc1C. The molecular weight excluding hydrogens is 248 g/mol. The average Bonchev–Trinajstić information content (AvgIpc) is 2.75. The number of aryl methyl sites for hydroxylation is 1. The van der Waals surface area contributed by atoms with Crippen molar-refractivity contribution in [2.75, 3.05) is 12.4 Å². The van der Waals surface area contributed by atoms with Gasteiger partial charge in [-0.3, -0.25) is 4.79 Å². The maximum absolute atomic E-state index is 11.9. The van der Waals surface area contributed by atoms with Gasteiger partial charge in [-0.2, -0.15) is 0 Å². The molecular formula is C13H14N2O2S. The minimum atomic E-state index is -0.0631. The topological polar surface area (TPSA) is 51.2 Å². The minimum absolute atomic E-state index is 0.0631. The molecule has 0 unspecified atom stereocenters. The lowest BCUT2D eigenvalue weighted by molar-refractivity contribution is -0.115. The molecule has 4 nitrogen and oxygen atoms in total. The van der Waals surface area contributed by atoms with E-state index in [1.54, 1.807) is 12.6 Å². The second-order valence-electron chi connectivity index (χ2n) is 3.79. The largest absolute Gasteiger partial charge is 0.495 e. The normalized spacial score (nSPS) is 10.1. The summed E-state index contributed by atoms with van der Waals surface area (Å²) in [6.07, 6.45) is 0.342. The number of nitrogens with one attached hydrogen (secondary N) is 1. The Labute approximate surface area is 110 Å². The van der Waals surface area contributed by atoms with Crippen LogP contribution in [0.1, 0.15) is 10.6 Å². The first-order chi connectivity index (χ1) is 8.70. The third-order valence-electron chi connectivity index (χ3n) is 2.55. The van der Waals surface area contributed by atoms with Gasteiger partial charge in [-0.1, -0.05) is 12.1 Å². The van der Waals surface area contributed by atoms with Crippen molar-refractivity contribution in [2.45, 2.75) is 13.3 Å². The number of hydrogen-bond donors (Lipinski definition) is 1. The van der Waals surface area contributed by atoms with Gasteiger partial charge >= 0.3 is 0 Å². The highest BCUT2D eigenvalue weighted by atomic mass is 32.1. The summed E-state index contributed by atoms with van der Waals surface area (Å²) in [7, 11) is 1.58. The summed E-state index contributed by atoms with van der Waals surface area (Å²) >= 11 is 1.50. The molecule has 1 aromatic heterocycles. The van der Waals surface area contributed by atoms with Crippen LogP contribution >= 0.6 is 11.3 Å². The molecule has 0 saturated heterocycles. The highest BCUT2D eigenvalue weighted by molar-refractivity contribution is 7.09. The van der Waals surface area contributed by atoms with E-state index in [-0.39, 0.29) is 5.91 Å². The van der Waals surface area contributed by atoms with Crippen LogP contribution in [0.25, 0.3) is 0 Å². The highest BCUT2D eigenvalue weighted by Gasteiger charge is 2.10. The van der Waals surface area contributed by atoms with Crippen LogP contribution in [0.4, 0.5) is 5.69 Å². The molecule has 0 spiro atoms. The summed E-state index contributed by atoms with van der Waals surface area (Å²) in [5.41, 5.74) is 3.35. The molecule has 0 atom stereocenters. The van der Waals surface area contributed by atoms with E-state index in [0.29, 0.717) is 17.9 Å². The zero-order valence-electron chi connectivity index (χ0n) is 10.3. The van der Waals surface area contributed by atoms with E-state index in [9.17, 15) is 4.79 Å². The Bertz CT molecular complexity index is 551. The number of carbonyl (C=O) groups excluding carboxylic acids is 1. The van der Waals surface area contributed by atoms with E-state index in [2.05, 4.69) is 10.3 Å². The fourth-order valence-electron chi connectivity index (χ4n) is 1.58. The smallest absolute Gasteiger partial charge is 0.229 e. The van der Waals surface area contributed by atoms with Crippen molar-refractivity contribution in [1.29, 1.82) is 0 Å². The average molecular weight is 262 g/mol. The van der Waals surface area contributed by atoms with Crippen LogP contribution in [0.5, 0.6) is 5.75 Å². The molecule has 1 N–H and O–H groups in total. The van der Waals surface area contributed by atoms with E-state index >= 15 is 0 Å². The number of para-hydroxylation sites is 2. The molecule has 2 aromatic rings. The van der Waals surface area contributed by atoms with Crippen LogP contribution in [-0.4, -0.2) is 18.0 Å². The van der Waals surface area contributed by atoms with Crippen molar-refractivity contribution in [3.8, 4) is 5.75 Å². The predicted octanol–water partition coefficient (Wildman–Crippen LogP) is 2.64. The molecule has 94 valence electrons. The molecule has 0 aliphatic carbocycles. The zero-order valence-corrected chi connectivity index (χ0v) is 11.1.